The van der Waals surface area contributed by atoms with E-state index >= 15 is 0 Å². The number of aliphatic hydroxyl groups excluding tert-OH is 1. The van der Waals surface area contributed by atoms with Crippen molar-refractivity contribution in [2.75, 3.05) is 11.9 Å². The van der Waals surface area contributed by atoms with E-state index in [1.54, 1.807) is 12.3 Å². The van der Waals surface area contributed by atoms with Gasteiger partial charge in [0.25, 0.3) is 5.91 Å². The van der Waals surface area contributed by atoms with Gasteiger partial charge in [0.2, 0.25) is 0 Å². The molecule has 19 heavy (non-hydrogen) atoms. The van der Waals surface area contributed by atoms with Crippen LogP contribution >= 0.6 is 11.3 Å². The molecule has 0 unspecified atom stereocenters. The molecule has 2 N–H and O–H groups in total. The number of aromatic nitrogens is 2. The van der Waals surface area contributed by atoms with Gasteiger partial charge in [-0.25, -0.2) is 4.98 Å². The summed E-state index contributed by atoms with van der Waals surface area (Å²) < 4.78 is 0. The highest BCUT2D eigenvalue weighted by Crippen LogP contribution is 2.23. The Morgan fingerprint density at radius 3 is 2.89 bits per heavy atom. The van der Waals surface area contributed by atoms with E-state index in [2.05, 4.69) is 15.3 Å². The van der Waals surface area contributed by atoms with Crippen LogP contribution in [0.4, 0.5) is 5.13 Å². The van der Waals surface area contributed by atoms with E-state index in [9.17, 15) is 4.79 Å². The summed E-state index contributed by atoms with van der Waals surface area (Å²) in [5.74, 6) is -0.222. The van der Waals surface area contributed by atoms with Crippen LogP contribution in [0.2, 0.25) is 0 Å². The molecule has 0 saturated heterocycles. The number of carbonyl (C=O) groups excluding carboxylic acids is 1. The van der Waals surface area contributed by atoms with Gasteiger partial charge in [0, 0.05) is 30.3 Å². The van der Waals surface area contributed by atoms with Crippen LogP contribution in [0.15, 0.2) is 18.5 Å². The van der Waals surface area contributed by atoms with Crippen molar-refractivity contribution in [3.8, 4) is 0 Å². The summed E-state index contributed by atoms with van der Waals surface area (Å²) in [6.07, 6.45) is 3.78. The zero-order valence-corrected chi connectivity index (χ0v) is 11.6. The molecule has 5 nitrogen and oxygen atoms in total. The van der Waals surface area contributed by atoms with Crippen LogP contribution in [-0.2, 0) is 6.42 Å². The van der Waals surface area contributed by atoms with E-state index in [4.69, 9.17) is 5.11 Å². The van der Waals surface area contributed by atoms with Gasteiger partial charge in [0.05, 0.1) is 11.3 Å². The van der Waals surface area contributed by atoms with Crippen molar-refractivity contribution in [1.29, 1.82) is 0 Å². The molecule has 0 aromatic carbocycles. The molecule has 2 aromatic rings. The van der Waals surface area contributed by atoms with E-state index < -0.39 is 0 Å². The zero-order valence-electron chi connectivity index (χ0n) is 10.8. The number of hydrogen-bond acceptors (Lipinski definition) is 5. The van der Waals surface area contributed by atoms with Crippen molar-refractivity contribution in [3.63, 3.8) is 0 Å². The molecular formula is C13H15N3O2S. The van der Waals surface area contributed by atoms with Crippen molar-refractivity contribution in [2.45, 2.75) is 20.3 Å². The Kier molecular flexibility index (Phi) is 4.24. The topological polar surface area (TPSA) is 75.1 Å². The highest BCUT2D eigenvalue weighted by atomic mass is 32.1. The number of carbonyl (C=O) groups is 1. The minimum Gasteiger partial charge on any atom is -0.396 e. The van der Waals surface area contributed by atoms with Gasteiger partial charge in [-0.15, -0.1) is 11.3 Å². The molecule has 0 atom stereocenters. The zero-order chi connectivity index (χ0) is 13.8. The Bertz CT molecular complexity index is 595. The normalized spacial score (nSPS) is 10.5. The fourth-order valence-corrected chi connectivity index (χ4v) is 2.61. The molecular weight excluding hydrogens is 262 g/mol. The Morgan fingerprint density at radius 2 is 2.21 bits per heavy atom. The van der Waals surface area contributed by atoms with Crippen LogP contribution in [0.3, 0.4) is 0 Å². The van der Waals surface area contributed by atoms with Gasteiger partial charge in [0.1, 0.15) is 0 Å². The first-order chi connectivity index (χ1) is 9.10. The quantitative estimate of drug-likeness (QED) is 0.895. The van der Waals surface area contributed by atoms with Gasteiger partial charge in [-0.2, -0.15) is 0 Å². The molecule has 100 valence electrons. The number of aliphatic hydroxyl groups is 1. The molecule has 2 rings (SSSR count). The SMILES string of the molecule is Cc1cncc(C(=O)Nc2nc(C)c(CCO)s2)c1. The predicted molar refractivity (Wildman–Crippen MR) is 74.6 cm³/mol. The van der Waals surface area contributed by atoms with Gasteiger partial charge < -0.3 is 5.11 Å². The summed E-state index contributed by atoms with van der Waals surface area (Å²) in [6, 6.07) is 1.78. The fourth-order valence-electron chi connectivity index (χ4n) is 1.66. The van der Waals surface area contributed by atoms with Crippen molar-refractivity contribution < 1.29 is 9.90 Å². The van der Waals surface area contributed by atoms with Gasteiger partial charge in [-0.3, -0.25) is 15.1 Å². The number of rotatable bonds is 4. The van der Waals surface area contributed by atoms with Crippen LogP contribution in [0, 0.1) is 13.8 Å². The lowest BCUT2D eigenvalue weighted by atomic mass is 10.2. The van der Waals surface area contributed by atoms with E-state index in [1.807, 2.05) is 13.8 Å². The third kappa shape index (κ3) is 3.36. The minimum absolute atomic E-state index is 0.0816. The van der Waals surface area contributed by atoms with Gasteiger partial charge >= 0.3 is 0 Å². The van der Waals surface area contributed by atoms with Crippen LogP contribution in [0.1, 0.15) is 26.5 Å². The maximum Gasteiger partial charge on any atom is 0.259 e. The lowest BCUT2D eigenvalue weighted by Crippen LogP contribution is -2.12. The summed E-state index contributed by atoms with van der Waals surface area (Å²) in [5, 5.41) is 12.2. The summed E-state index contributed by atoms with van der Waals surface area (Å²) in [4.78, 5) is 21.3. The number of anilines is 1. The lowest BCUT2D eigenvalue weighted by Gasteiger charge is -2.01. The number of aryl methyl sites for hydroxylation is 2. The number of nitrogens with one attached hydrogen (secondary N) is 1. The predicted octanol–water partition coefficient (Wildman–Crippen LogP) is 1.94. The van der Waals surface area contributed by atoms with E-state index in [0.717, 1.165) is 16.1 Å². The Labute approximate surface area is 115 Å². The van der Waals surface area contributed by atoms with Gasteiger partial charge in [0.15, 0.2) is 5.13 Å². The molecule has 0 aliphatic rings. The molecule has 1 amide bonds. The first-order valence-corrected chi connectivity index (χ1v) is 6.72. The summed E-state index contributed by atoms with van der Waals surface area (Å²) in [7, 11) is 0. The van der Waals surface area contributed by atoms with Crippen molar-refractivity contribution in [2.24, 2.45) is 0 Å². The molecule has 0 spiro atoms. The molecule has 2 aromatic heterocycles. The highest BCUT2D eigenvalue weighted by molar-refractivity contribution is 7.15. The number of nitrogens with zero attached hydrogens (tertiary/aromatic N) is 2. The summed E-state index contributed by atoms with van der Waals surface area (Å²) in [5.41, 5.74) is 2.29. The molecule has 0 saturated carbocycles. The Hall–Kier alpha value is -1.79. The number of thiazole rings is 1. The van der Waals surface area contributed by atoms with Crippen LogP contribution < -0.4 is 5.32 Å². The standard InChI is InChI=1S/C13H15N3O2S/c1-8-5-10(7-14-6-8)12(18)16-13-15-9(2)11(19-13)3-4-17/h5-7,17H,3-4H2,1-2H3,(H,15,16,18). The Balaban J connectivity index is 2.13. The average Bonchev–Trinajstić information content (AvgIpc) is 2.70. The molecule has 0 aliphatic carbocycles. The number of hydrogen-bond donors (Lipinski definition) is 2. The summed E-state index contributed by atoms with van der Waals surface area (Å²) >= 11 is 1.39. The first kappa shape index (κ1) is 13.6. The van der Waals surface area contributed by atoms with Gasteiger partial charge in [-0.05, 0) is 25.5 Å². The van der Waals surface area contributed by atoms with Crippen molar-refractivity contribution in [3.05, 3.63) is 40.2 Å². The first-order valence-electron chi connectivity index (χ1n) is 5.90. The number of amides is 1. The van der Waals surface area contributed by atoms with Gasteiger partial charge in [-0.1, -0.05) is 0 Å². The molecule has 0 radical (unpaired) electrons. The van der Waals surface area contributed by atoms with Crippen molar-refractivity contribution >= 4 is 22.4 Å². The van der Waals surface area contributed by atoms with E-state index in [-0.39, 0.29) is 12.5 Å². The maximum atomic E-state index is 12.0. The second kappa shape index (κ2) is 5.90. The minimum atomic E-state index is -0.222. The molecule has 2 heterocycles. The third-order valence-electron chi connectivity index (χ3n) is 2.59. The van der Waals surface area contributed by atoms with Crippen LogP contribution in [0.5, 0.6) is 0 Å². The van der Waals surface area contributed by atoms with E-state index in [1.165, 1.54) is 17.5 Å². The van der Waals surface area contributed by atoms with E-state index in [0.29, 0.717) is 17.1 Å². The second-order valence-electron chi connectivity index (χ2n) is 4.21. The van der Waals surface area contributed by atoms with Crippen LogP contribution in [0.25, 0.3) is 0 Å². The van der Waals surface area contributed by atoms with Crippen LogP contribution in [-0.4, -0.2) is 27.6 Å². The fraction of sp³-hybridized carbons (Fsp3) is 0.308. The molecule has 0 aliphatic heterocycles. The summed E-state index contributed by atoms with van der Waals surface area (Å²) in [6.45, 7) is 3.83. The molecule has 0 bridgehead atoms. The van der Waals surface area contributed by atoms with Crippen molar-refractivity contribution in [1.82, 2.24) is 9.97 Å². The molecule has 0 fully saturated rings. The lowest BCUT2D eigenvalue weighted by molar-refractivity contribution is 0.102. The maximum absolute atomic E-state index is 12.0. The Morgan fingerprint density at radius 1 is 1.42 bits per heavy atom. The molecule has 6 heteroatoms. The highest BCUT2D eigenvalue weighted by Gasteiger charge is 2.11. The monoisotopic (exact) mass is 277 g/mol. The largest absolute Gasteiger partial charge is 0.396 e. The third-order valence-corrected chi connectivity index (χ3v) is 3.72. The number of pyridine rings is 1. The second-order valence-corrected chi connectivity index (χ2v) is 5.29. The smallest absolute Gasteiger partial charge is 0.259 e. The average molecular weight is 277 g/mol.